The number of fused-ring (bicyclic) bond motifs is 1. The fourth-order valence-corrected chi connectivity index (χ4v) is 2.77. The molecule has 0 spiro atoms. The molecule has 6 heteroatoms. The molecule has 122 valence electrons. The van der Waals surface area contributed by atoms with Gasteiger partial charge in [0, 0.05) is 17.8 Å². The van der Waals surface area contributed by atoms with Crippen LogP contribution in [0.1, 0.15) is 37.6 Å². The number of anilines is 1. The minimum atomic E-state index is -0.152. The lowest BCUT2D eigenvalue weighted by molar-refractivity contribution is 0.205. The Labute approximate surface area is 134 Å². The Morgan fingerprint density at radius 1 is 1.17 bits per heavy atom. The van der Waals surface area contributed by atoms with Gasteiger partial charge in [0.25, 0.3) is 5.56 Å². The molecular formula is C17H22N4O2. The van der Waals surface area contributed by atoms with Crippen LogP contribution in [0, 0.1) is 0 Å². The SMILES string of the molecule is CC(C)(C)c1ccc(NC(=O)N2CCc3c([nH][nH]c3=O)C2)cc1. The number of H-pyrrole nitrogens is 2. The molecule has 23 heavy (non-hydrogen) atoms. The summed E-state index contributed by atoms with van der Waals surface area (Å²) in [5.74, 6) is 0. The lowest BCUT2D eigenvalue weighted by Gasteiger charge is -2.26. The van der Waals surface area contributed by atoms with Gasteiger partial charge in [0.2, 0.25) is 0 Å². The highest BCUT2D eigenvalue weighted by molar-refractivity contribution is 5.89. The second-order valence-corrected chi connectivity index (χ2v) is 6.97. The number of carbonyl (C=O) groups excluding carboxylic acids is 1. The molecule has 0 bridgehead atoms. The molecule has 1 aromatic carbocycles. The molecule has 0 aliphatic carbocycles. The van der Waals surface area contributed by atoms with Gasteiger partial charge < -0.3 is 15.3 Å². The van der Waals surface area contributed by atoms with Crippen LogP contribution in [0.5, 0.6) is 0 Å². The third-order valence-corrected chi connectivity index (χ3v) is 4.24. The van der Waals surface area contributed by atoms with Crippen molar-refractivity contribution in [3.8, 4) is 0 Å². The van der Waals surface area contributed by atoms with Gasteiger partial charge in [-0.1, -0.05) is 32.9 Å². The van der Waals surface area contributed by atoms with Gasteiger partial charge in [-0.3, -0.25) is 9.89 Å². The van der Waals surface area contributed by atoms with Crippen LogP contribution in [0.2, 0.25) is 0 Å². The lowest BCUT2D eigenvalue weighted by atomic mass is 9.87. The number of hydrogen-bond donors (Lipinski definition) is 3. The number of amides is 2. The molecule has 2 amide bonds. The molecule has 3 N–H and O–H groups in total. The van der Waals surface area contributed by atoms with Gasteiger partial charge in [-0.25, -0.2) is 4.79 Å². The maximum atomic E-state index is 12.4. The van der Waals surface area contributed by atoms with E-state index in [2.05, 4.69) is 36.3 Å². The van der Waals surface area contributed by atoms with Gasteiger partial charge in [-0.2, -0.15) is 0 Å². The predicted molar refractivity (Wildman–Crippen MR) is 89.7 cm³/mol. The third-order valence-electron chi connectivity index (χ3n) is 4.24. The zero-order valence-corrected chi connectivity index (χ0v) is 13.7. The monoisotopic (exact) mass is 314 g/mol. The molecule has 1 aliphatic heterocycles. The summed E-state index contributed by atoms with van der Waals surface area (Å²) in [6, 6.07) is 7.76. The molecule has 2 heterocycles. The van der Waals surface area contributed by atoms with E-state index in [1.165, 1.54) is 5.56 Å². The van der Waals surface area contributed by atoms with Crippen molar-refractivity contribution in [3.05, 3.63) is 51.4 Å². The van der Waals surface area contributed by atoms with Crippen LogP contribution in [0.3, 0.4) is 0 Å². The maximum Gasteiger partial charge on any atom is 0.322 e. The van der Waals surface area contributed by atoms with E-state index in [4.69, 9.17) is 0 Å². The number of rotatable bonds is 1. The van der Waals surface area contributed by atoms with Gasteiger partial charge in [0.1, 0.15) is 0 Å². The zero-order chi connectivity index (χ0) is 16.6. The molecule has 1 aromatic heterocycles. The first-order valence-corrected chi connectivity index (χ1v) is 7.79. The lowest BCUT2D eigenvalue weighted by Crippen LogP contribution is -2.39. The van der Waals surface area contributed by atoms with Crippen molar-refractivity contribution >= 4 is 11.7 Å². The van der Waals surface area contributed by atoms with Crippen LogP contribution >= 0.6 is 0 Å². The second-order valence-electron chi connectivity index (χ2n) is 6.97. The van der Waals surface area contributed by atoms with E-state index >= 15 is 0 Å². The van der Waals surface area contributed by atoms with Crippen LogP contribution < -0.4 is 10.9 Å². The summed E-state index contributed by atoms with van der Waals surface area (Å²) >= 11 is 0. The Hall–Kier alpha value is -2.50. The number of aromatic amines is 2. The molecule has 6 nitrogen and oxygen atoms in total. The molecule has 1 aliphatic rings. The van der Waals surface area contributed by atoms with Gasteiger partial charge in [0.05, 0.1) is 12.2 Å². The quantitative estimate of drug-likeness (QED) is 0.756. The summed E-state index contributed by atoms with van der Waals surface area (Å²) in [7, 11) is 0. The number of aromatic nitrogens is 2. The fourth-order valence-electron chi connectivity index (χ4n) is 2.77. The van der Waals surface area contributed by atoms with Crippen molar-refractivity contribution in [1.29, 1.82) is 0 Å². The highest BCUT2D eigenvalue weighted by Crippen LogP contribution is 2.23. The largest absolute Gasteiger partial charge is 0.322 e. The van der Waals surface area contributed by atoms with E-state index < -0.39 is 0 Å². The molecular weight excluding hydrogens is 292 g/mol. The van der Waals surface area contributed by atoms with Crippen molar-refractivity contribution in [2.45, 2.75) is 39.2 Å². The summed E-state index contributed by atoms with van der Waals surface area (Å²) in [6.45, 7) is 7.43. The summed E-state index contributed by atoms with van der Waals surface area (Å²) in [5.41, 5.74) is 3.55. The van der Waals surface area contributed by atoms with Crippen molar-refractivity contribution in [2.24, 2.45) is 0 Å². The maximum absolute atomic E-state index is 12.4. The van der Waals surface area contributed by atoms with E-state index in [0.29, 0.717) is 19.5 Å². The number of urea groups is 1. The molecule has 3 rings (SSSR count). The first-order valence-electron chi connectivity index (χ1n) is 7.79. The van der Waals surface area contributed by atoms with Crippen LogP contribution in [0.25, 0.3) is 0 Å². The van der Waals surface area contributed by atoms with Crippen molar-refractivity contribution < 1.29 is 4.79 Å². The van der Waals surface area contributed by atoms with E-state index in [-0.39, 0.29) is 17.0 Å². The van der Waals surface area contributed by atoms with E-state index in [1.54, 1.807) is 4.90 Å². The van der Waals surface area contributed by atoms with Gasteiger partial charge in [0.15, 0.2) is 0 Å². The van der Waals surface area contributed by atoms with Crippen molar-refractivity contribution in [3.63, 3.8) is 0 Å². The third kappa shape index (κ3) is 3.16. The van der Waals surface area contributed by atoms with Crippen LogP contribution in [0.15, 0.2) is 29.1 Å². The number of nitrogens with one attached hydrogen (secondary N) is 3. The molecule has 0 saturated heterocycles. The Morgan fingerprint density at radius 3 is 2.52 bits per heavy atom. The van der Waals surface area contributed by atoms with Gasteiger partial charge >= 0.3 is 6.03 Å². The average molecular weight is 314 g/mol. The zero-order valence-electron chi connectivity index (χ0n) is 13.7. The van der Waals surface area contributed by atoms with Crippen molar-refractivity contribution in [2.75, 3.05) is 11.9 Å². The Morgan fingerprint density at radius 2 is 1.87 bits per heavy atom. The van der Waals surface area contributed by atoms with Crippen LogP contribution in [-0.2, 0) is 18.4 Å². The van der Waals surface area contributed by atoms with Gasteiger partial charge in [-0.15, -0.1) is 0 Å². The van der Waals surface area contributed by atoms with E-state index in [0.717, 1.165) is 16.9 Å². The minimum absolute atomic E-state index is 0.0853. The summed E-state index contributed by atoms with van der Waals surface area (Å²) in [6.07, 6.45) is 0.574. The Balaban J connectivity index is 1.67. The first-order chi connectivity index (χ1) is 10.8. The average Bonchev–Trinajstić information content (AvgIpc) is 2.88. The summed E-state index contributed by atoms with van der Waals surface area (Å²) < 4.78 is 0. The topological polar surface area (TPSA) is 81.0 Å². The molecule has 0 atom stereocenters. The standard InChI is InChI=1S/C17H22N4O2/c1-17(2,3)11-4-6-12(7-5-11)18-16(23)21-9-8-13-14(10-21)19-20-15(13)22/h4-7H,8-10H2,1-3H3,(H,18,23)(H2,19,20,22). The highest BCUT2D eigenvalue weighted by Gasteiger charge is 2.24. The second kappa shape index (κ2) is 5.61. The van der Waals surface area contributed by atoms with Crippen LogP contribution in [-0.4, -0.2) is 27.7 Å². The molecule has 0 saturated carbocycles. The summed E-state index contributed by atoms with van der Waals surface area (Å²) in [5, 5.41) is 8.32. The molecule has 0 fully saturated rings. The molecule has 0 radical (unpaired) electrons. The number of nitrogens with zero attached hydrogens (tertiary/aromatic N) is 1. The number of carbonyl (C=O) groups is 1. The predicted octanol–water partition coefficient (Wildman–Crippen LogP) is 2.59. The number of benzene rings is 1. The fraction of sp³-hybridized carbons (Fsp3) is 0.412. The number of hydrogen-bond acceptors (Lipinski definition) is 2. The molecule has 2 aromatic rings. The van der Waals surface area contributed by atoms with E-state index in [9.17, 15) is 9.59 Å². The normalized spacial score (nSPS) is 14.5. The van der Waals surface area contributed by atoms with Gasteiger partial charge in [-0.05, 0) is 29.5 Å². The first kappa shape index (κ1) is 15.4. The smallest absolute Gasteiger partial charge is 0.318 e. The highest BCUT2D eigenvalue weighted by atomic mass is 16.2. The molecule has 0 unspecified atom stereocenters. The minimum Gasteiger partial charge on any atom is -0.318 e. The summed E-state index contributed by atoms with van der Waals surface area (Å²) in [4.78, 5) is 25.6. The van der Waals surface area contributed by atoms with Crippen molar-refractivity contribution in [1.82, 2.24) is 15.1 Å². The van der Waals surface area contributed by atoms with E-state index in [1.807, 2.05) is 24.3 Å². The Kier molecular flexibility index (Phi) is 3.75. The van der Waals surface area contributed by atoms with Crippen LogP contribution in [0.4, 0.5) is 10.5 Å². The Bertz CT molecular complexity index is 765.